The number of hydrogen-bond acceptors (Lipinski definition) is 5. The molecule has 0 atom stereocenters. The molecule has 0 bridgehead atoms. The van der Waals surface area contributed by atoms with Gasteiger partial charge in [0.05, 0.1) is 21.4 Å². The fourth-order valence-corrected chi connectivity index (χ4v) is 3.43. The van der Waals surface area contributed by atoms with Gasteiger partial charge in [-0.05, 0) is 64.6 Å². The number of nitrogens with zero attached hydrogens (tertiary/aromatic N) is 1. The molecule has 0 aliphatic heterocycles. The summed E-state index contributed by atoms with van der Waals surface area (Å²) < 4.78 is 11.0. The maximum absolute atomic E-state index is 12.5. The van der Waals surface area contributed by atoms with Crippen LogP contribution in [0.15, 0.2) is 35.9 Å². The number of benzene rings is 2. The number of carbonyl (C=O) groups is 2. The van der Waals surface area contributed by atoms with Crippen LogP contribution in [0.3, 0.4) is 0 Å². The van der Waals surface area contributed by atoms with E-state index in [1.165, 1.54) is 31.4 Å². The number of nitriles is 1. The third-order valence-electron chi connectivity index (χ3n) is 3.45. The highest BCUT2D eigenvalue weighted by Gasteiger charge is 2.15. The van der Waals surface area contributed by atoms with Gasteiger partial charge in [0, 0.05) is 5.02 Å². The maximum Gasteiger partial charge on any atom is 0.341 e. The molecule has 0 aliphatic carbocycles. The van der Waals surface area contributed by atoms with Crippen molar-refractivity contribution in [2.45, 2.75) is 0 Å². The fraction of sp³-hybridized carbons (Fsp3) is 0.105. The zero-order chi connectivity index (χ0) is 21.6. The smallest absolute Gasteiger partial charge is 0.341 e. The van der Waals surface area contributed by atoms with Crippen LogP contribution < -0.4 is 14.8 Å². The highest BCUT2D eigenvalue weighted by molar-refractivity contribution is 14.1. The molecule has 0 saturated heterocycles. The molecule has 1 amide bonds. The molecule has 2 aromatic rings. The second-order valence-electron chi connectivity index (χ2n) is 5.46. The summed E-state index contributed by atoms with van der Waals surface area (Å²) in [6.45, 7) is -0.532. The molecule has 2 rings (SSSR count). The number of nitrogens with one attached hydrogen (secondary N) is 1. The molecule has 0 aliphatic rings. The topological polar surface area (TPSA) is 109 Å². The number of ether oxygens (including phenoxy) is 2. The van der Waals surface area contributed by atoms with Gasteiger partial charge < -0.3 is 19.9 Å². The first-order chi connectivity index (χ1) is 13.7. The summed E-state index contributed by atoms with van der Waals surface area (Å²) in [6, 6.07) is 9.55. The van der Waals surface area contributed by atoms with Gasteiger partial charge in [0.1, 0.15) is 11.6 Å². The summed E-state index contributed by atoms with van der Waals surface area (Å²) >= 11 is 13.8. The summed E-state index contributed by atoms with van der Waals surface area (Å²) in [5.41, 5.74) is 0.627. The number of methoxy groups -OCH3 is 1. The van der Waals surface area contributed by atoms with Crippen LogP contribution in [0.5, 0.6) is 11.5 Å². The van der Waals surface area contributed by atoms with Crippen LogP contribution in [-0.4, -0.2) is 30.7 Å². The SMILES string of the molecule is COc1cc(/C=C(/C#N)C(=O)Nc2ccc(Cl)cc2Cl)cc(I)c1OCC(=O)O. The van der Waals surface area contributed by atoms with Crippen molar-refractivity contribution >= 4 is 69.4 Å². The molecule has 0 fully saturated rings. The van der Waals surface area contributed by atoms with Crippen molar-refractivity contribution in [1.29, 1.82) is 5.26 Å². The van der Waals surface area contributed by atoms with Crippen molar-refractivity contribution in [3.63, 3.8) is 0 Å². The minimum Gasteiger partial charge on any atom is -0.493 e. The number of carbonyl (C=O) groups excluding carboxylic acids is 1. The molecule has 0 unspecified atom stereocenters. The van der Waals surface area contributed by atoms with Gasteiger partial charge in [0.15, 0.2) is 18.1 Å². The lowest BCUT2D eigenvalue weighted by Crippen LogP contribution is -2.14. The molecule has 150 valence electrons. The third kappa shape index (κ3) is 6.25. The molecular weight excluding hydrogens is 534 g/mol. The molecule has 0 aromatic heterocycles. The van der Waals surface area contributed by atoms with Gasteiger partial charge in [-0.1, -0.05) is 23.2 Å². The largest absolute Gasteiger partial charge is 0.493 e. The van der Waals surface area contributed by atoms with Gasteiger partial charge in [-0.25, -0.2) is 4.79 Å². The quantitative estimate of drug-likeness (QED) is 0.298. The van der Waals surface area contributed by atoms with Crippen LogP contribution in [0.2, 0.25) is 10.0 Å². The molecule has 0 spiro atoms. The van der Waals surface area contributed by atoms with Gasteiger partial charge in [-0.3, -0.25) is 4.79 Å². The van der Waals surface area contributed by atoms with Crippen LogP contribution in [0.25, 0.3) is 6.08 Å². The zero-order valence-electron chi connectivity index (χ0n) is 14.8. The standard InChI is InChI=1S/C19H13Cl2IN2O5/c1-28-16-6-10(5-14(22)18(16)29-9-17(25)26)4-11(8-23)19(27)24-15-3-2-12(20)7-13(15)21/h2-7H,9H2,1H3,(H,24,27)(H,25,26)/b11-4-. The average Bonchev–Trinajstić information content (AvgIpc) is 2.66. The average molecular weight is 547 g/mol. The summed E-state index contributed by atoms with van der Waals surface area (Å²) in [5.74, 6) is -1.26. The lowest BCUT2D eigenvalue weighted by atomic mass is 10.1. The second kappa shape index (κ2) is 10.3. The predicted octanol–water partition coefficient (Wildman–Crippen LogP) is 4.62. The molecular formula is C19H13Cl2IN2O5. The van der Waals surface area contributed by atoms with E-state index in [4.69, 9.17) is 37.8 Å². The number of hydrogen-bond donors (Lipinski definition) is 2. The Labute approximate surface area is 190 Å². The van der Waals surface area contributed by atoms with E-state index in [0.717, 1.165) is 0 Å². The number of anilines is 1. The number of amides is 1. The number of halogens is 3. The van der Waals surface area contributed by atoms with Crippen LogP contribution in [0.1, 0.15) is 5.56 Å². The summed E-state index contributed by atoms with van der Waals surface area (Å²) in [6.07, 6.45) is 1.37. The van der Waals surface area contributed by atoms with Crippen molar-refractivity contribution in [3.05, 3.63) is 55.1 Å². The van der Waals surface area contributed by atoms with Crippen molar-refractivity contribution in [3.8, 4) is 17.6 Å². The Morgan fingerprint density at radius 3 is 2.62 bits per heavy atom. The van der Waals surface area contributed by atoms with Crippen LogP contribution in [0.4, 0.5) is 5.69 Å². The van der Waals surface area contributed by atoms with Gasteiger partial charge >= 0.3 is 5.97 Å². The van der Waals surface area contributed by atoms with E-state index < -0.39 is 18.5 Å². The Morgan fingerprint density at radius 2 is 2.03 bits per heavy atom. The first kappa shape index (κ1) is 22.8. The van der Waals surface area contributed by atoms with Crippen LogP contribution in [-0.2, 0) is 9.59 Å². The second-order valence-corrected chi connectivity index (χ2v) is 7.47. The Balaban J connectivity index is 2.32. The van der Waals surface area contributed by atoms with E-state index in [9.17, 15) is 14.9 Å². The Morgan fingerprint density at radius 1 is 1.31 bits per heavy atom. The van der Waals surface area contributed by atoms with Crippen molar-refractivity contribution in [2.75, 3.05) is 19.0 Å². The summed E-state index contributed by atoms with van der Waals surface area (Å²) in [7, 11) is 1.40. The molecule has 7 nitrogen and oxygen atoms in total. The van der Waals surface area contributed by atoms with Crippen molar-refractivity contribution in [2.24, 2.45) is 0 Å². The first-order valence-corrected chi connectivity index (χ1v) is 9.69. The Hall–Kier alpha value is -2.48. The van der Waals surface area contributed by atoms with E-state index >= 15 is 0 Å². The fourth-order valence-electron chi connectivity index (χ4n) is 2.19. The van der Waals surface area contributed by atoms with Crippen LogP contribution in [0, 0.1) is 14.9 Å². The van der Waals surface area contributed by atoms with E-state index in [0.29, 0.717) is 19.8 Å². The zero-order valence-corrected chi connectivity index (χ0v) is 18.5. The van der Waals surface area contributed by atoms with E-state index in [1.807, 2.05) is 28.7 Å². The van der Waals surface area contributed by atoms with Gasteiger partial charge in [0.2, 0.25) is 0 Å². The van der Waals surface area contributed by atoms with Crippen molar-refractivity contribution in [1.82, 2.24) is 0 Å². The number of carboxylic acid groups (broad SMARTS) is 1. The summed E-state index contributed by atoms with van der Waals surface area (Å²) in [4.78, 5) is 23.2. The van der Waals surface area contributed by atoms with Crippen LogP contribution >= 0.6 is 45.8 Å². The van der Waals surface area contributed by atoms with Crippen molar-refractivity contribution < 1.29 is 24.2 Å². The lowest BCUT2D eigenvalue weighted by molar-refractivity contribution is -0.139. The van der Waals surface area contributed by atoms with Gasteiger partial charge in [0.25, 0.3) is 5.91 Å². The molecule has 29 heavy (non-hydrogen) atoms. The maximum atomic E-state index is 12.5. The molecule has 0 saturated carbocycles. The van der Waals surface area contributed by atoms with Gasteiger partial charge in [-0.15, -0.1) is 0 Å². The minimum atomic E-state index is -1.13. The normalized spacial score (nSPS) is 10.8. The molecule has 0 radical (unpaired) electrons. The lowest BCUT2D eigenvalue weighted by Gasteiger charge is -2.12. The predicted molar refractivity (Wildman–Crippen MR) is 118 cm³/mol. The Bertz CT molecular complexity index is 1030. The Kier molecular flexibility index (Phi) is 8.13. The highest BCUT2D eigenvalue weighted by Crippen LogP contribution is 2.34. The van der Waals surface area contributed by atoms with Gasteiger partial charge in [-0.2, -0.15) is 5.26 Å². The molecule has 0 heterocycles. The highest BCUT2D eigenvalue weighted by atomic mass is 127. The number of aliphatic carboxylic acids is 1. The van der Waals surface area contributed by atoms with E-state index in [2.05, 4.69) is 5.32 Å². The monoisotopic (exact) mass is 546 g/mol. The van der Waals surface area contributed by atoms with E-state index in [1.54, 1.807) is 12.1 Å². The molecule has 2 N–H and O–H groups in total. The summed E-state index contributed by atoms with van der Waals surface area (Å²) in [5, 5.41) is 21.4. The number of carboxylic acids is 1. The minimum absolute atomic E-state index is 0.173. The third-order valence-corrected chi connectivity index (χ3v) is 4.80. The molecule has 10 heteroatoms. The number of rotatable bonds is 7. The van der Waals surface area contributed by atoms with E-state index in [-0.39, 0.29) is 22.1 Å². The first-order valence-electron chi connectivity index (χ1n) is 7.85. The molecule has 2 aromatic carbocycles.